The van der Waals surface area contributed by atoms with Crippen LogP contribution in [0, 0.1) is 19.7 Å². The first-order chi connectivity index (χ1) is 12.0. The molecule has 3 rings (SSSR count). The van der Waals surface area contributed by atoms with Crippen molar-refractivity contribution in [3.8, 4) is 11.3 Å². The van der Waals surface area contributed by atoms with Crippen molar-refractivity contribution in [2.24, 2.45) is 5.73 Å². The van der Waals surface area contributed by atoms with Gasteiger partial charge in [-0.25, -0.2) is 4.39 Å². The number of halogens is 1. The van der Waals surface area contributed by atoms with E-state index in [0.29, 0.717) is 5.56 Å². The Morgan fingerprint density at radius 2 is 1.68 bits per heavy atom. The van der Waals surface area contributed by atoms with Crippen LogP contribution in [0.15, 0.2) is 54.6 Å². The second-order valence-corrected chi connectivity index (χ2v) is 6.29. The van der Waals surface area contributed by atoms with Crippen molar-refractivity contribution in [1.29, 1.82) is 0 Å². The van der Waals surface area contributed by atoms with Crippen LogP contribution < -0.4 is 5.73 Å². The SMILES string of the molecule is Cc1ccc(CCn2c(-c3ccc(F)cc3)cc(C(N)=O)c2C)cc1. The molecule has 2 aromatic carbocycles. The van der Waals surface area contributed by atoms with Gasteiger partial charge in [-0.3, -0.25) is 4.79 Å². The first-order valence-corrected chi connectivity index (χ1v) is 8.27. The van der Waals surface area contributed by atoms with E-state index in [0.717, 1.165) is 29.9 Å². The Labute approximate surface area is 146 Å². The van der Waals surface area contributed by atoms with Crippen LogP contribution in [-0.2, 0) is 13.0 Å². The molecule has 3 aromatic rings. The molecule has 2 N–H and O–H groups in total. The highest BCUT2D eigenvalue weighted by Gasteiger charge is 2.16. The van der Waals surface area contributed by atoms with Gasteiger partial charge >= 0.3 is 0 Å². The fraction of sp³-hybridized carbons (Fsp3) is 0.190. The van der Waals surface area contributed by atoms with Crippen LogP contribution in [0.2, 0.25) is 0 Å². The standard InChI is InChI=1S/C21H21FN2O/c1-14-3-5-16(6-4-14)11-12-24-15(2)19(21(23)25)13-20(24)17-7-9-18(22)10-8-17/h3-10,13H,11-12H2,1-2H3,(H2,23,25). The van der Waals surface area contributed by atoms with E-state index >= 15 is 0 Å². The normalized spacial score (nSPS) is 10.8. The first kappa shape index (κ1) is 17.0. The number of aromatic nitrogens is 1. The average molecular weight is 336 g/mol. The lowest BCUT2D eigenvalue weighted by Crippen LogP contribution is -2.13. The van der Waals surface area contributed by atoms with Crippen molar-refractivity contribution in [1.82, 2.24) is 4.57 Å². The third kappa shape index (κ3) is 3.63. The molecule has 0 spiro atoms. The second kappa shape index (κ2) is 6.93. The van der Waals surface area contributed by atoms with Gasteiger partial charge in [0, 0.05) is 17.9 Å². The summed E-state index contributed by atoms with van der Waals surface area (Å²) in [5.74, 6) is -0.733. The zero-order chi connectivity index (χ0) is 18.0. The minimum absolute atomic E-state index is 0.284. The van der Waals surface area contributed by atoms with Gasteiger partial charge in [-0.15, -0.1) is 0 Å². The third-order valence-corrected chi connectivity index (χ3v) is 4.52. The van der Waals surface area contributed by atoms with E-state index in [4.69, 9.17) is 5.73 Å². The predicted octanol–water partition coefficient (Wildman–Crippen LogP) is 4.25. The summed E-state index contributed by atoms with van der Waals surface area (Å²) in [6.45, 7) is 4.67. The van der Waals surface area contributed by atoms with E-state index < -0.39 is 5.91 Å². The summed E-state index contributed by atoms with van der Waals surface area (Å²) in [6, 6.07) is 16.5. The molecule has 128 valence electrons. The predicted molar refractivity (Wildman–Crippen MR) is 98.0 cm³/mol. The Kier molecular flexibility index (Phi) is 4.70. The number of nitrogens with zero attached hydrogens (tertiary/aromatic N) is 1. The Hall–Kier alpha value is -2.88. The van der Waals surface area contributed by atoms with Crippen molar-refractivity contribution in [3.05, 3.63) is 82.8 Å². The number of primary amides is 1. The van der Waals surface area contributed by atoms with Crippen LogP contribution in [0.5, 0.6) is 0 Å². The summed E-state index contributed by atoms with van der Waals surface area (Å²) in [6.07, 6.45) is 0.836. The smallest absolute Gasteiger partial charge is 0.250 e. The van der Waals surface area contributed by atoms with Gasteiger partial charge in [0.1, 0.15) is 5.82 Å². The van der Waals surface area contributed by atoms with Crippen molar-refractivity contribution in [2.45, 2.75) is 26.8 Å². The number of nitrogens with two attached hydrogens (primary N) is 1. The molecule has 0 aliphatic rings. The van der Waals surface area contributed by atoms with Crippen LogP contribution in [0.25, 0.3) is 11.3 Å². The van der Waals surface area contributed by atoms with Crippen molar-refractivity contribution >= 4 is 5.91 Å². The van der Waals surface area contributed by atoms with Gasteiger partial charge in [-0.1, -0.05) is 29.8 Å². The Balaban J connectivity index is 1.96. The molecule has 0 fully saturated rings. The van der Waals surface area contributed by atoms with Gasteiger partial charge < -0.3 is 10.3 Å². The van der Waals surface area contributed by atoms with Crippen molar-refractivity contribution < 1.29 is 9.18 Å². The second-order valence-electron chi connectivity index (χ2n) is 6.29. The van der Waals surface area contributed by atoms with E-state index in [2.05, 4.69) is 35.8 Å². The molecule has 4 heteroatoms. The number of aryl methyl sites for hydroxylation is 2. The number of carbonyl (C=O) groups excluding carboxylic acids is 1. The third-order valence-electron chi connectivity index (χ3n) is 4.52. The number of hydrogen-bond donors (Lipinski definition) is 1. The Morgan fingerprint density at radius 1 is 1.04 bits per heavy atom. The molecule has 0 aliphatic heterocycles. The molecule has 3 nitrogen and oxygen atoms in total. The maximum Gasteiger partial charge on any atom is 0.250 e. The van der Waals surface area contributed by atoms with Crippen molar-refractivity contribution in [2.75, 3.05) is 0 Å². The minimum Gasteiger partial charge on any atom is -0.366 e. The number of amides is 1. The molecule has 1 amide bonds. The summed E-state index contributed by atoms with van der Waals surface area (Å²) >= 11 is 0. The lowest BCUT2D eigenvalue weighted by Gasteiger charge is -2.12. The number of hydrogen-bond acceptors (Lipinski definition) is 1. The van der Waals surface area contributed by atoms with Crippen LogP contribution in [0.4, 0.5) is 4.39 Å². The summed E-state index contributed by atoms with van der Waals surface area (Å²) in [4.78, 5) is 11.7. The summed E-state index contributed by atoms with van der Waals surface area (Å²) in [5, 5.41) is 0. The summed E-state index contributed by atoms with van der Waals surface area (Å²) in [7, 11) is 0. The van der Waals surface area contributed by atoms with Crippen LogP contribution >= 0.6 is 0 Å². The summed E-state index contributed by atoms with van der Waals surface area (Å²) < 4.78 is 15.3. The zero-order valence-electron chi connectivity index (χ0n) is 14.4. The van der Waals surface area contributed by atoms with E-state index in [1.807, 2.05) is 6.92 Å². The molecule has 0 saturated carbocycles. The fourth-order valence-electron chi connectivity index (χ4n) is 3.04. The largest absolute Gasteiger partial charge is 0.366 e. The number of carbonyl (C=O) groups is 1. The van der Waals surface area contributed by atoms with Gasteiger partial charge in [0.15, 0.2) is 0 Å². The molecule has 0 unspecified atom stereocenters. The van der Waals surface area contributed by atoms with E-state index in [1.54, 1.807) is 18.2 Å². The van der Waals surface area contributed by atoms with E-state index in [9.17, 15) is 9.18 Å². The Morgan fingerprint density at radius 3 is 2.28 bits per heavy atom. The Bertz CT molecular complexity index is 893. The molecule has 0 atom stereocenters. The molecule has 1 heterocycles. The number of rotatable bonds is 5. The van der Waals surface area contributed by atoms with Crippen molar-refractivity contribution in [3.63, 3.8) is 0 Å². The van der Waals surface area contributed by atoms with Gasteiger partial charge in [0.2, 0.25) is 0 Å². The van der Waals surface area contributed by atoms with Crippen LogP contribution in [-0.4, -0.2) is 10.5 Å². The molecular formula is C21H21FN2O. The van der Waals surface area contributed by atoms with E-state index in [-0.39, 0.29) is 5.82 Å². The highest BCUT2D eigenvalue weighted by molar-refractivity contribution is 5.95. The molecule has 0 saturated heterocycles. The van der Waals surface area contributed by atoms with Gasteiger partial charge in [0.25, 0.3) is 5.91 Å². The molecule has 0 bridgehead atoms. The van der Waals surface area contributed by atoms with Gasteiger partial charge in [0.05, 0.1) is 5.56 Å². The quantitative estimate of drug-likeness (QED) is 0.744. The maximum absolute atomic E-state index is 13.2. The lowest BCUT2D eigenvalue weighted by molar-refractivity contribution is 0.0999. The van der Waals surface area contributed by atoms with Crippen LogP contribution in [0.1, 0.15) is 27.2 Å². The van der Waals surface area contributed by atoms with E-state index in [1.165, 1.54) is 23.3 Å². The molecule has 0 aliphatic carbocycles. The summed E-state index contributed by atoms with van der Waals surface area (Å²) in [5.41, 5.74) is 11.0. The highest BCUT2D eigenvalue weighted by atomic mass is 19.1. The molecular weight excluding hydrogens is 315 g/mol. The lowest BCUT2D eigenvalue weighted by atomic mass is 10.1. The molecule has 25 heavy (non-hydrogen) atoms. The average Bonchev–Trinajstić information content (AvgIpc) is 2.92. The molecule has 0 radical (unpaired) electrons. The monoisotopic (exact) mass is 336 g/mol. The first-order valence-electron chi connectivity index (χ1n) is 8.27. The fourth-order valence-corrected chi connectivity index (χ4v) is 3.04. The molecule has 1 aromatic heterocycles. The van der Waals surface area contributed by atoms with Gasteiger partial charge in [-0.05, 0) is 61.7 Å². The topological polar surface area (TPSA) is 48.0 Å². The zero-order valence-corrected chi connectivity index (χ0v) is 14.4. The number of benzene rings is 2. The maximum atomic E-state index is 13.2. The highest BCUT2D eigenvalue weighted by Crippen LogP contribution is 2.26. The van der Waals surface area contributed by atoms with Gasteiger partial charge in [-0.2, -0.15) is 0 Å². The van der Waals surface area contributed by atoms with Crippen LogP contribution in [0.3, 0.4) is 0 Å². The minimum atomic E-state index is -0.449.